The van der Waals surface area contributed by atoms with E-state index in [4.69, 9.17) is 4.98 Å². The van der Waals surface area contributed by atoms with E-state index in [1.165, 1.54) is 76.8 Å². The van der Waals surface area contributed by atoms with Crippen LogP contribution in [0, 0.1) is 0 Å². The van der Waals surface area contributed by atoms with E-state index < -0.39 is 5.41 Å². The monoisotopic (exact) mass is 620 g/mol. The quantitative estimate of drug-likeness (QED) is 0.180. The van der Waals surface area contributed by atoms with Gasteiger partial charge in [0.25, 0.3) is 0 Å². The summed E-state index contributed by atoms with van der Waals surface area (Å²) in [5, 5.41) is 7.72. The van der Waals surface area contributed by atoms with Gasteiger partial charge in [-0.15, -0.1) is 0 Å². The summed E-state index contributed by atoms with van der Waals surface area (Å²) in [5.74, 6) is 0. The van der Waals surface area contributed by atoms with Crippen LogP contribution in [0.5, 0.6) is 0 Å². The molecule has 226 valence electrons. The Kier molecular flexibility index (Phi) is 5.34. The Morgan fingerprint density at radius 2 is 1.02 bits per heavy atom. The van der Waals surface area contributed by atoms with Crippen molar-refractivity contribution in [3.8, 4) is 44.9 Å². The van der Waals surface area contributed by atoms with Crippen molar-refractivity contribution in [3.05, 3.63) is 192 Å². The van der Waals surface area contributed by atoms with E-state index in [0.717, 1.165) is 22.6 Å². The first kappa shape index (κ1) is 26.7. The first-order valence-electron chi connectivity index (χ1n) is 16.9. The highest BCUT2D eigenvalue weighted by atomic mass is 14.8. The average molecular weight is 621 g/mol. The van der Waals surface area contributed by atoms with Gasteiger partial charge in [-0.2, -0.15) is 0 Å². The molecule has 0 aliphatic heterocycles. The normalized spacial score (nSPS) is 13.5. The fourth-order valence-electron chi connectivity index (χ4n) is 9.06. The molecule has 7 aromatic carbocycles. The minimum atomic E-state index is -0.473. The van der Waals surface area contributed by atoms with Gasteiger partial charge in [-0.25, -0.2) is 4.98 Å². The van der Waals surface area contributed by atoms with Gasteiger partial charge in [0.2, 0.25) is 0 Å². The molecule has 0 bridgehead atoms. The number of hydrogen-bond acceptors (Lipinski definition) is 2. The maximum Gasteiger partial charge on any atom is 0.0893 e. The van der Waals surface area contributed by atoms with E-state index in [1.807, 2.05) is 30.5 Å². The lowest BCUT2D eigenvalue weighted by molar-refractivity contribution is 0.809. The standard InChI is InChI=1S/C47H28N2/c1-3-16-36-32(12-1)33-13-2-4-17-37(33)46-44(36)38-26-23-29-28-30(41-21-11-22-43(49-41)42-20-9-10-27-48-42)24-25-31(29)45(38)47(46)39-18-7-5-14-34(39)35-15-6-8-19-40(35)47/h1-28H. The van der Waals surface area contributed by atoms with Crippen molar-refractivity contribution in [2.24, 2.45) is 0 Å². The summed E-state index contributed by atoms with van der Waals surface area (Å²) in [7, 11) is 0. The molecule has 2 heterocycles. The molecule has 2 aromatic heterocycles. The Balaban J connectivity index is 1.27. The molecule has 0 unspecified atom stereocenters. The predicted octanol–water partition coefficient (Wildman–Crippen LogP) is 11.6. The van der Waals surface area contributed by atoms with Crippen LogP contribution in [0.3, 0.4) is 0 Å². The molecule has 0 saturated carbocycles. The third-order valence-corrected chi connectivity index (χ3v) is 10.9. The van der Waals surface area contributed by atoms with Crippen molar-refractivity contribution in [1.82, 2.24) is 9.97 Å². The second kappa shape index (κ2) is 9.82. The third kappa shape index (κ3) is 3.45. The highest BCUT2D eigenvalue weighted by Gasteiger charge is 2.53. The second-order valence-corrected chi connectivity index (χ2v) is 13.2. The van der Waals surface area contributed by atoms with E-state index in [1.54, 1.807) is 0 Å². The van der Waals surface area contributed by atoms with Crippen LogP contribution in [-0.2, 0) is 5.41 Å². The van der Waals surface area contributed by atoms with Gasteiger partial charge in [0.05, 0.1) is 22.5 Å². The Labute approximate surface area is 284 Å². The highest BCUT2D eigenvalue weighted by Crippen LogP contribution is 2.66. The van der Waals surface area contributed by atoms with Crippen molar-refractivity contribution in [2.75, 3.05) is 0 Å². The van der Waals surface area contributed by atoms with Gasteiger partial charge in [-0.1, -0.05) is 133 Å². The van der Waals surface area contributed by atoms with Crippen molar-refractivity contribution in [1.29, 1.82) is 0 Å². The SMILES string of the molecule is c1ccc(-c2cccc(-c3ccc4c5c(ccc4c3)-c3c(c4ccccc4c4ccccc34)C53c4ccccc4-c4ccccc43)n2)nc1. The minimum absolute atomic E-state index is 0.473. The molecule has 2 heteroatoms. The van der Waals surface area contributed by atoms with Gasteiger partial charge in [-0.05, 0) is 107 Å². The van der Waals surface area contributed by atoms with Crippen LogP contribution < -0.4 is 0 Å². The number of aromatic nitrogens is 2. The molecule has 49 heavy (non-hydrogen) atoms. The van der Waals surface area contributed by atoms with Crippen molar-refractivity contribution < 1.29 is 0 Å². The Hall–Kier alpha value is -6.38. The molecule has 11 rings (SSSR count). The molecule has 9 aromatic rings. The van der Waals surface area contributed by atoms with Crippen molar-refractivity contribution in [3.63, 3.8) is 0 Å². The van der Waals surface area contributed by atoms with Crippen LogP contribution in [-0.4, -0.2) is 9.97 Å². The van der Waals surface area contributed by atoms with Gasteiger partial charge >= 0.3 is 0 Å². The second-order valence-electron chi connectivity index (χ2n) is 13.2. The van der Waals surface area contributed by atoms with E-state index in [9.17, 15) is 0 Å². The fraction of sp³-hybridized carbons (Fsp3) is 0.0213. The van der Waals surface area contributed by atoms with Gasteiger partial charge in [0.1, 0.15) is 0 Å². The fourth-order valence-corrected chi connectivity index (χ4v) is 9.06. The summed E-state index contributed by atoms with van der Waals surface area (Å²) < 4.78 is 0. The van der Waals surface area contributed by atoms with E-state index >= 15 is 0 Å². The van der Waals surface area contributed by atoms with Gasteiger partial charge in [0.15, 0.2) is 0 Å². The zero-order valence-electron chi connectivity index (χ0n) is 26.6. The Morgan fingerprint density at radius 1 is 0.388 bits per heavy atom. The number of hydrogen-bond donors (Lipinski definition) is 0. The molecule has 2 aliphatic carbocycles. The highest BCUT2D eigenvalue weighted by molar-refractivity contribution is 6.21. The van der Waals surface area contributed by atoms with Gasteiger partial charge < -0.3 is 0 Å². The molecule has 0 saturated heterocycles. The van der Waals surface area contributed by atoms with E-state index in [2.05, 4.69) is 145 Å². The van der Waals surface area contributed by atoms with Crippen LogP contribution in [0.25, 0.3) is 77.2 Å². The average Bonchev–Trinajstić information content (AvgIpc) is 3.66. The van der Waals surface area contributed by atoms with E-state index in [0.29, 0.717) is 0 Å². The van der Waals surface area contributed by atoms with Gasteiger partial charge in [0, 0.05) is 11.8 Å². The molecule has 0 atom stereocenters. The zero-order chi connectivity index (χ0) is 32.1. The maximum absolute atomic E-state index is 5.06. The van der Waals surface area contributed by atoms with Crippen LogP contribution in [0.15, 0.2) is 170 Å². The molecular formula is C47H28N2. The molecule has 2 nitrogen and oxygen atoms in total. The number of nitrogens with zero attached hydrogens (tertiary/aromatic N) is 2. The number of benzene rings is 7. The van der Waals surface area contributed by atoms with Crippen LogP contribution >= 0.6 is 0 Å². The van der Waals surface area contributed by atoms with Gasteiger partial charge in [-0.3, -0.25) is 4.98 Å². The molecule has 0 amide bonds. The first-order chi connectivity index (χ1) is 24.3. The smallest absolute Gasteiger partial charge is 0.0893 e. The molecular weight excluding hydrogens is 593 g/mol. The Morgan fingerprint density at radius 3 is 1.78 bits per heavy atom. The molecule has 0 fully saturated rings. The first-order valence-corrected chi connectivity index (χ1v) is 16.9. The largest absolute Gasteiger partial charge is 0.255 e. The lowest BCUT2D eigenvalue weighted by Gasteiger charge is -2.32. The number of rotatable bonds is 2. The summed E-state index contributed by atoms with van der Waals surface area (Å²) in [6.07, 6.45) is 1.82. The molecule has 2 aliphatic rings. The minimum Gasteiger partial charge on any atom is -0.255 e. The van der Waals surface area contributed by atoms with Crippen molar-refractivity contribution in [2.45, 2.75) is 5.41 Å². The lowest BCUT2D eigenvalue weighted by Crippen LogP contribution is -2.26. The topological polar surface area (TPSA) is 25.8 Å². The summed E-state index contributed by atoms with van der Waals surface area (Å²) in [6, 6.07) is 60.0. The van der Waals surface area contributed by atoms with E-state index in [-0.39, 0.29) is 0 Å². The van der Waals surface area contributed by atoms with Crippen LogP contribution in [0.1, 0.15) is 22.3 Å². The number of fused-ring (bicyclic) bond motifs is 17. The zero-order valence-corrected chi connectivity index (χ0v) is 26.6. The summed E-state index contributed by atoms with van der Waals surface area (Å²) >= 11 is 0. The van der Waals surface area contributed by atoms with Crippen LogP contribution in [0.2, 0.25) is 0 Å². The van der Waals surface area contributed by atoms with Crippen LogP contribution in [0.4, 0.5) is 0 Å². The third-order valence-electron chi connectivity index (χ3n) is 10.9. The predicted molar refractivity (Wildman–Crippen MR) is 202 cm³/mol. The molecule has 1 spiro atoms. The molecule has 0 radical (unpaired) electrons. The summed E-state index contributed by atoms with van der Waals surface area (Å²) in [6.45, 7) is 0. The maximum atomic E-state index is 5.06. The lowest BCUT2D eigenvalue weighted by atomic mass is 9.68. The summed E-state index contributed by atoms with van der Waals surface area (Å²) in [4.78, 5) is 9.61. The summed E-state index contributed by atoms with van der Waals surface area (Å²) in [5.41, 5.74) is 14.1. The van der Waals surface area contributed by atoms with Crippen molar-refractivity contribution >= 4 is 32.3 Å². The molecule has 0 N–H and O–H groups in total. The Bertz CT molecular complexity index is 2790. The number of pyridine rings is 2.